The lowest BCUT2D eigenvalue weighted by Gasteiger charge is -2.21. The van der Waals surface area contributed by atoms with Crippen molar-refractivity contribution in [1.82, 2.24) is 0 Å². The zero-order chi connectivity index (χ0) is 18.4. The van der Waals surface area contributed by atoms with Crippen molar-refractivity contribution in [3.8, 4) is 0 Å². The van der Waals surface area contributed by atoms with Gasteiger partial charge in [-0.15, -0.1) is 0 Å². The molecule has 3 N–H and O–H groups in total. The maximum Gasteiger partial charge on any atom is 0.330 e. The fourth-order valence-electron chi connectivity index (χ4n) is 2.21. The van der Waals surface area contributed by atoms with E-state index >= 15 is 0 Å². The molecule has 0 saturated carbocycles. The highest BCUT2D eigenvalue weighted by molar-refractivity contribution is 5.94. The molecule has 0 aliphatic heterocycles. The van der Waals surface area contributed by atoms with Crippen molar-refractivity contribution in [2.45, 2.75) is 33.2 Å². The lowest BCUT2D eigenvalue weighted by atomic mass is 9.89. The van der Waals surface area contributed by atoms with E-state index in [1.54, 1.807) is 48.5 Å². The van der Waals surface area contributed by atoms with Gasteiger partial charge in [-0.05, 0) is 36.2 Å². The van der Waals surface area contributed by atoms with Crippen LogP contribution in [0.2, 0.25) is 0 Å². The van der Waals surface area contributed by atoms with Crippen LogP contribution in [0.25, 0.3) is 0 Å². The highest BCUT2D eigenvalue weighted by Crippen LogP contribution is 2.24. The van der Waals surface area contributed by atoms with Crippen molar-refractivity contribution in [3.63, 3.8) is 0 Å². The number of anilines is 2. The quantitative estimate of drug-likeness (QED) is 0.702. The summed E-state index contributed by atoms with van der Waals surface area (Å²) in [5.41, 5.74) is 1.60. The Morgan fingerprint density at radius 3 is 2.08 bits per heavy atom. The molecule has 0 saturated heterocycles. The minimum Gasteiger partial charge on any atom is -0.479 e. The molecule has 0 heterocycles. The third-order valence-electron chi connectivity index (χ3n) is 4.33. The summed E-state index contributed by atoms with van der Waals surface area (Å²) < 4.78 is 0. The van der Waals surface area contributed by atoms with E-state index in [1.165, 1.54) is 0 Å². The van der Waals surface area contributed by atoms with Gasteiger partial charge < -0.3 is 15.7 Å². The highest BCUT2D eigenvalue weighted by Gasteiger charge is 2.25. The van der Waals surface area contributed by atoms with Crippen LogP contribution < -0.4 is 10.6 Å². The van der Waals surface area contributed by atoms with Crippen LogP contribution in [0.15, 0.2) is 54.6 Å². The fraction of sp³-hybridized carbons (Fsp3) is 0.300. The van der Waals surface area contributed by atoms with Gasteiger partial charge in [0.2, 0.25) is 5.91 Å². The van der Waals surface area contributed by atoms with Crippen LogP contribution in [0, 0.1) is 5.41 Å². The van der Waals surface area contributed by atoms with Crippen molar-refractivity contribution < 1.29 is 14.7 Å². The Balaban J connectivity index is 2.09. The van der Waals surface area contributed by atoms with Crippen LogP contribution in [0.5, 0.6) is 0 Å². The van der Waals surface area contributed by atoms with Gasteiger partial charge in [0.15, 0.2) is 6.04 Å². The minimum absolute atomic E-state index is 0.0385. The molecule has 2 aromatic rings. The second kappa shape index (κ2) is 7.83. The summed E-state index contributed by atoms with van der Waals surface area (Å²) in [7, 11) is 0. The van der Waals surface area contributed by atoms with Gasteiger partial charge >= 0.3 is 5.97 Å². The van der Waals surface area contributed by atoms with Gasteiger partial charge in [0.25, 0.3) is 0 Å². The van der Waals surface area contributed by atoms with Crippen molar-refractivity contribution in [2.24, 2.45) is 5.41 Å². The van der Waals surface area contributed by atoms with Gasteiger partial charge in [-0.2, -0.15) is 0 Å². The predicted octanol–water partition coefficient (Wildman–Crippen LogP) is 4.30. The number of carboxylic acid groups (broad SMARTS) is 1. The number of carboxylic acids is 1. The van der Waals surface area contributed by atoms with E-state index in [0.717, 1.165) is 6.42 Å². The number of rotatable bonds is 7. The Labute approximate surface area is 148 Å². The van der Waals surface area contributed by atoms with E-state index in [2.05, 4.69) is 10.6 Å². The molecule has 0 aliphatic rings. The largest absolute Gasteiger partial charge is 0.479 e. The van der Waals surface area contributed by atoms with Crippen LogP contribution in [0.1, 0.15) is 38.8 Å². The summed E-state index contributed by atoms with van der Waals surface area (Å²) in [6.07, 6.45) is 0.746. The third kappa shape index (κ3) is 4.83. The molecule has 132 valence electrons. The molecule has 0 aliphatic carbocycles. The Morgan fingerprint density at radius 2 is 1.56 bits per heavy atom. The van der Waals surface area contributed by atoms with Gasteiger partial charge in [0, 0.05) is 16.8 Å². The standard InChI is InChI=1S/C20H24N2O3/c1-4-20(2,3)19(25)22-16-12-10-15(11-13-16)21-17(18(23)24)14-8-6-5-7-9-14/h5-13,17,21H,4H2,1-3H3,(H,22,25)(H,23,24). The van der Waals surface area contributed by atoms with Gasteiger partial charge in [-0.1, -0.05) is 51.1 Å². The normalized spacial score (nSPS) is 12.3. The monoisotopic (exact) mass is 340 g/mol. The number of hydrogen-bond donors (Lipinski definition) is 3. The third-order valence-corrected chi connectivity index (χ3v) is 4.33. The topological polar surface area (TPSA) is 78.4 Å². The maximum atomic E-state index is 12.2. The molecule has 0 radical (unpaired) electrons. The van der Waals surface area contributed by atoms with E-state index in [9.17, 15) is 14.7 Å². The average molecular weight is 340 g/mol. The number of hydrogen-bond acceptors (Lipinski definition) is 3. The zero-order valence-corrected chi connectivity index (χ0v) is 14.7. The van der Waals surface area contributed by atoms with E-state index in [-0.39, 0.29) is 5.91 Å². The van der Waals surface area contributed by atoms with Crippen LogP contribution in [0.4, 0.5) is 11.4 Å². The van der Waals surface area contributed by atoms with E-state index < -0.39 is 17.4 Å². The Hall–Kier alpha value is -2.82. The smallest absolute Gasteiger partial charge is 0.330 e. The second-order valence-electron chi connectivity index (χ2n) is 6.60. The summed E-state index contributed by atoms with van der Waals surface area (Å²) in [4.78, 5) is 23.7. The summed E-state index contributed by atoms with van der Waals surface area (Å²) in [6, 6.07) is 15.2. The molecule has 1 atom stereocenters. The van der Waals surface area contributed by atoms with Crippen LogP contribution in [-0.4, -0.2) is 17.0 Å². The Morgan fingerprint density at radius 1 is 1.00 bits per heavy atom. The summed E-state index contributed by atoms with van der Waals surface area (Å²) >= 11 is 0. The SMILES string of the molecule is CCC(C)(C)C(=O)Nc1ccc(NC(C(=O)O)c2ccccc2)cc1. The number of aliphatic carboxylic acids is 1. The van der Waals surface area contributed by atoms with Crippen molar-refractivity contribution in [1.29, 1.82) is 0 Å². The first kappa shape index (κ1) is 18.5. The summed E-state index contributed by atoms with van der Waals surface area (Å²) in [5.74, 6) is -0.989. The Bertz CT molecular complexity index is 724. The molecule has 5 heteroatoms. The van der Waals surface area contributed by atoms with Crippen molar-refractivity contribution >= 4 is 23.3 Å². The minimum atomic E-state index is -0.951. The molecule has 5 nitrogen and oxygen atoms in total. The number of amides is 1. The van der Waals surface area contributed by atoms with Crippen LogP contribution in [0.3, 0.4) is 0 Å². The summed E-state index contributed by atoms with van der Waals surface area (Å²) in [5, 5.41) is 15.3. The van der Waals surface area contributed by atoms with Gasteiger partial charge in [0.1, 0.15) is 0 Å². The molecule has 2 rings (SSSR count). The number of carbonyl (C=O) groups excluding carboxylic acids is 1. The average Bonchev–Trinajstić information content (AvgIpc) is 2.61. The lowest BCUT2D eigenvalue weighted by molar-refractivity contribution is -0.138. The van der Waals surface area contributed by atoms with Crippen LogP contribution >= 0.6 is 0 Å². The van der Waals surface area contributed by atoms with Gasteiger partial charge in [-0.3, -0.25) is 4.79 Å². The molecule has 2 aromatic carbocycles. The number of benzene rings is 2. The number of carbonyl (C=O) groups is 2. The lowest BCUT2D eigenvalue weighted by Crippen LogP contribution is -2.29. The predicted molar refractivity (Wildman–Crippen MR) is 99.6 cm³/mol. The number of nitrogens with one attached hydrogen (secondary N) is 2. The molecule has 1 unspecified atom stereocenters. The van der Waals surface area contributed by atoms with E-state index in [0.29, 0.717) is 16.9 Å². The fourth-order valence-corrected chi connectivity index (χ4v) is 2.21. The zero-order valence-electron chi connectivity index (χ0n) is 14.7. The van der Waals surface area contributed by atoms with Gasteiger partial charge in [0.05, 0.1) is 0 Å². The van der Waals surface area contributed by atoms with Crippen LogP contribution in [-0.2, 0) is 9.59 Å². The van der Waals surface area contributed by atoms with E-state index in [4.69, 9.17) is 0 Å². The molecule has 0 bridgehead atoms. The Kier molecular flexibility index (Phi) is 5.80. The van der Waals surface area contributed by atoms with Crippen molar-refractivity contribution in [3.05, 3.63) is 60.2 Å². The summed E-state index contributed by atoms with van der Waals surface area (Å²) in [6.45, 7) is 5.77. The second-order valence-corrected chi connectivity index (χ2v) is 6.60. The van der Waals surface area contributed by atoms with Gasteiger partial charge in [-0.25, -0.2) is 4.79 Å². The first-order valence-electron chi connectivity index (χ1n) is 8.29. The molecule has 0 spiro atoms. The molecular formula is C20H24N2O3. The van der Waals surface area contributed by atoms with E-state index in [1.807, 2.05) is 26.8 Å². The van der Waals surface area contributed by atoms with Crippen molar-refractivity contribution in [2.75, 3.05) is 10.6 Å². The first-order valence-corrected chi connectivity index (χ1v) is 8.29. The molecule has 0 fully saturated rings. The first-order chi connectivity index (χ1) is 11.8. The maximum absolute atomic E-state index is 12.2. The molecule has 0 aromatic heterocycles. The molecule has 25 heavy (non-hydrogen) atoms. The molecule has 1 amide bonds. The molecular weight excluding hydrogens is 316 g/mol. The highest BCUT2D eigenvalue weighted by atomic mass is 16.4.